The molecule has 0 amide bonds. The van der Waals surface area contributed by atoms with Gasteiger partial charge >= 0.3 is 10.1 Å². The minimum Gasteiger partial charge on any atom is -0.383 e. The summed E-state index contributed by atoms with van der Waals surface area (Å²) in [5.74, 6) is -1.98. The van der Waals surface area contributed by atoms with Crippen LogP contribution in [0.15, 0.2) is 24.8 Å². The third kappa shape index (κ3) is 3.67. The van der Waals surface area contributed by atoms with Gasteiger partial charge in [-0.1, -0.05) is 6.58 Å². The highest BCUT2D eigenvalue weighted by Gasteiger charge is 2.10. The van der Waals surface area contributed by atoms with E-state index in [2.05, 4.69) is 10.8 Å². The number of hydrogen-bond donors (Lipinski definition) is 0. The van der Waals surface area contributed by atoms with Crippen molar-refractivity contribution in [2.24, 2.45) is 0 Å². The molecular weight excluding hydrogens is 226 g/mol. The Bertz CT molecular complexity index is 474. The van der Waals surface area contributed by atoms with Gasteiger partial charge in [-0.3, -0.25) is 0 Å². The van der Waals surface area contributed by atoms with Crippen LogP contribution in [-0.2, 0) is 14.3 Å². The second-order valence-corrected chi connectivity index (χ2v) is 4.44. The average molecular weight is 234 g/mol. The van der Waals surface area contributed by atoms with E-state index >= 15 is 0 Å². The van der Waals surface area contributed by atoms with Gasteiger partial charge in [-0.25, -0.2) is 8.78 Å². The van der Waals surface area contributed by atoms with E-state index in [-0.39, 0.29) is 11.3 Å². The molecule has 0 aliphatic rings. The molecule has 0 aliphatic carbocycles. The van der Waals surface area contributed by atoms with Crippen molar-refractivity contribution >= 4 is 15.9 Å². The Balaban J connectivity index is 3.02. The van der Waals surface area contributed by atoms with Crippen LogP contribution in [0, 0.1) is 11.6 Å². The lowest BCUT2D eigenvalue weighted by Crippen LogP contribution is -2.01. The summed E-state index contributed by atoms with van der Waals surface area (Å²) in [7, 11) is -3.74. The predicted molar refractivity (Wildman–Crippen MR) is 51.3 cm³/mol. The van der Waals surface area contributed by atoms with Gasteiger partial charge in [-0.15, -0.1) is 0 Å². The fourth-order valence-corrected chi connectivity index (χ4v) is 1.41. The van der Waals surface area contributed by atoms with Gasteiger partial charge in [0.2, 0.25) is 0 Å². The van der Waals surface area contributed by atoms with Gasteiger partial charge in [0.15, 0.2) is 0 Å². The minimum absolute atomic E-state index is 0.0575. The first kappa shape index (κ1) is 11.6. The first-order valence-electron chi connectivity index (χ1n) is 3.83. The summed E-state index contributed by atoms with van der Waals surface area (Å²) in [4.78, 5) is 0. The van der Waals surface area contributed by atoms with Gasteiger partial charge in [-0.05, 0) is 12.1 Å². The first-order chi connectivity index (χ1) is 6.78. The third-order valence-electron chi connectivity index (χ3n) is 1.44. The summed E-state index contributed by atoms with van der Waals surface area (Å²) in [5, 5.41) is 0. The van der Waals surface area contributed by atoms with E-state index in [0.717, 1.165) is 18.4 Å². The summed E-state index contributed by atoms with van der Waals surface area (Å²) < 4.78 is 51.3. The largest absolute Gasteiger partial charge is 0.383 e. The quantitative estimate of drug-likeness (QED) is 0.592. The van der Waals surface area contributed by atoms with Crippen LogP contribution < -0.4 is 0 Å². The molecule has 0 aliphatic heterocycles. The molecule has 0 spiro atoms. The molecule has 0 saturated carbocycles. The van der Waals surface area contributed by atoms with E-state index in [1.54, 1.807) is 0 Å². The van der Waals surface area contributed by atoms with Crippen LogP contribution in [-0.4, -0.2) is 14.7 Å². The zero-order chi connectivity index (χ0) is 11.6. The fourth-order valence-electron chi connectivity index (χ4n) is 0.946. The lowest BCUT2D eigenvalue weighted by atomic mass is 10.2. The van der Waals surface area contributed by atoms with Crippen molar-refractivity contribution < 1.29 is 21.4 Å². The second kappa shape index (κ2) is 3.98. The van der Waals surface area contributed by atoms with Crippen molar-refractivity contribution in [3.63, 3.8) is 0 Å². The standard InChI is InChI=1S/C9H8F2O3S/c1-6(14-15(2,12)13)7-3-8(10)5-9(11)4-7/h3-5H,1H2,2H3. The Hall–Kier alpha value is -1.43. The lowest BCUT2D eigenvalue weighted by Gasteiger charge is -2.06. The zero-order valence-electron chi connectivity index (χ0n) is 7.83. The van der Waals surface area contributed by atoms with Crippen LogP contribution in [0.5, 0.6) is 0 Å². The fraction of sp³-hybridized carbons (Fsp3) is 0.111. The molecule has 15 heavy (non-hydrogen) atoms. The van der Waals surface area contributed by atoms with Gasteiger partial charge in [0.25, 0.3) is 0 Å². The van der Waals surface area contributed by atoms with Crippen molar-refractivity contribution in [2.45, 2.75) is 0 Å². The molecule has 0 N–H and O–H groups in total. The molecule has 6 heteroatoms. The third-order valence-corrected chi connectivity index (χ3v) is 1.94. The van der Waals surface area contributed by atoms with Crippen molar-refractivity contribution in [2.75, 3.05) is 6.26 Å². The highest BCUT2D eigenvalue weighted by atomic mass is 32.2. The monoisotopic (exact) mass is 234 g/mol. The van der Waals surface area contributed by atoms with E-state index in [0.29, 0.717) is 6.07 Å². The molecule has 0 saturated heterocycles. The molecule has 0 bridgehead atoms. The molecule has 1 aromatic rings. The Labute approximate surface area is 86.1 Å². The molecule has 0 unspecified atom stereocenters. The maximum atomic E-state index is 12.7. The topological polar surface area (TPSA) is 43.4 Å². The van der Waals surface area contributed by atoms with Gasteiger partial charge in [0, 0.05) is 11.6 Å². The summed E-state index contributed by atoms with van der Waals surface area (Å²) in [6.07, 6.45) is 0.813. The molecule has 1 aromatic carbocycles. The highest BCUT2D eigenvalue weighted by Crippen LogP contribution is 2.18. The lowest BCUT2D eigenvalue weighted by molar-refractivity contribution is 0.470. The minimum atomic E-state index is -3.74. The highest BCUT2D eigenvalue weighted by molar-refractivity contribution is 7.86. The normalized spacial score (nSPS) is 11.1. The van der Waals surface area contributed by atoms with Crippen LogP contribution in [0.4, 0.5) is 8.78 Å². The molecule has 1 rings (SSSR count). The van der Waals surface area contributed by atoms with Crippen LogP contribution in [0.3, 0.4) is 0 Å². The Morgan fingerprint density at radius 2 is 1.73 bits per heavy atom. The Kier molecular flexibility index (Phi) is 3.09. The van der Waals surface area contributed by atoms with E-state index in [4.69, 9.17) is 0 Å². The molecular formula is C9H8F2O3S. The van der Waals surface area contributed by atoms with Crippen molar-refractivity contribution in [1.29, 1.82) is 0 Å². The van der Waals surface area contributed by atoms with Crippen LogP contribution in [0.25, 0.3) is 5.76 Å². The van der Waals surface area contributed by atoms with Crippen molar-refractivity contribution in [1.82, 2.24) is 0 Å². The Morgan fingerprint density at radius 1 is 1.27 bits per heavy atom. The summed E-state index contributed by atoms with van der Waals surface area (Å²) in [6, 6.07) is 2.52. The number of rotatable bonds is 3. The number of hydrogen-bond acceptors (Lipinski definition) is 3. The Morgan fingerprint density at radius 3 is 2.13 bits per heavy atom. The second-order valence-electron chi connectivity index (χ2n) is 2.87. The molecule has 0 radical (unpaired) electrons. The van der Waals surface area contributed by atoms with Crippen LogP contribution in [0.1, 0.15) is 5.56 Å². The number of benzene rings is 1. The van der Waals surface area contributed by atoms with Crippen LogP contribution >= 0.6 is 0 Å². The molecule has 0 aromatic heterocycles. The number of halogens is 2. The molecule has 82 valence electrons. The predicted octanol–water partition coefficient (Wildman–Crippen LogP) is 1.91. The first-order valence-corrected chi connectivity index (χ1v) is 5.64. The SMILES string of the molecule is C=C(OS(C)(=O)=O)c1cc(F)cc(F)c1. The maximum absolute atomic E-state index is 12.7. The summed E-state index contributed by atoms with van der Waals surface area (Å²) >= 11 is 0. The van der Waals surface area contributed by atoms with Crippen LogP contribution in [0.2, 0.25) is 0 Å². The van der Waals surface area contributed by atoms with E-state index in [9.17, 15) is 17.2 Å². The molecule has 0 heterocycles. The smallest absolute Gasteiger partial charge is 0.306 e. The summed E-state index contributed by atoms with van der Waals surface area (Å²) in [5.41, 5.74) is -0.0575. The maximum Gasteiger partial charge on any atom is 0.306 e. The van der Waals surface area contributed by atoms with E-state index in [1.165, 1.54) is 0 Å². The molecule has 0 fully saturated rings. The van der Waals surface area contributed by atoms with Gasteiger partial charge in [-0.2, -0.15) is 8.42 Å². The summed E-state index contributed by atoms with van der Waals surface area (Å²) in [6.45, 7) is 3.26. The molecule has 0 atom stereocenters. The van der Waals surface area contributed by atoms with E-state index < -0.39 is 21.8 Å². The zero-order valence-corrected chi connectivity index (χ0v) is 8.64. The van der Waals surface area contributed by atoms with Gasteiger partial charge in [0.1, 0.15) is 17.4 Å². The average Bonchev–Trinajstić information content (AvgIpc) is 1.98. The van der Waals surface area contributed by atoms with Gasteiger partial charge < -0.3 is 4.18 Å². The van der Waals surface area contributed by atoms with E-state index in [1.807, 2.05) is 0 Å². The van der Waals surface area contributed by atoms with Crippen molar-refractivity contribution in [3.8, 4) is 0 Å². The van der Waals surface area contributed by atoms with Crippen molar-refractivity contribution in [3.05, 3.63) is 42.0 Å². The van der Waals surface area contributed by atoms with Gasteiger partial charge in [0.05, 0.1) is 6.26 Å². The molecule has 3 nitrogen and oxygen atoms in total.